The zero-order chi connectivity index (χ0) is 14.5. The first-order valence-corrected chi connectivity index (χ1v) is 8.72. The number of nitrogen functional groups attached to an aromatic ring is 1. The molecule has 0 aromatic heterocycles. The molecule has 1 aromatic carbocycles. The molecular weight excluding hydrogens is 284 g/mol. The van der Waals surface area contributed by atoms with Crippen LogP contribution in [0, 0.1) is 0 Å². The van der Waals surface area contributed by atoms with Crippen molar-refractivity contribution in [3.05, 3.63) is 18.2 Å². The minimum Gasteiger partial charge on any atom is -0.492 e. The van der Waals surface area contributed by atoms with Gasteiger partial charge in [-0.05, 0) is 31.4 Å². The van der Waals surface area contributed by atoms with Gasteiger partial charge in [-0.1, -0.05) is 6.92 Å². The normalized spacial score (nSPS) is 13.2. The van der Waals surface area contributed by atoms with Gasteiger partial charge in [0.15, 0.2) is 0 Å². The first-order valence-electron chi connectivity index (χ1n) is 5.95. The predicted octanol–water partition coefficient (Wildman–Crippen LogP) is 1.70. The fourth-order valence-corrected chi connectivity index (χ4v) is 3.06. The monoisotopic (exact) mass is 304 g/mol. The lowest BCUT2D eigenvalue weighted by atomic mass is 10.3. The number of sulfonamides is 1. The van der Waals surface area contributed by atoms with Crippen molar-refractivity contribution in [1.29, 1.82) is 0 Å². The minimum atomic E-state index is -3.61. The molecule has 3 N–H and O–H groups in total. The van der Waals surface area contributed by atoms with Crippen molar-refractivity contribution in [2.75, 3.05) is 25.1 Å². The molecule has 0 spiro atoms. The summed E-state index contributed by atoms with van der Waals surface area (Å²) in [4.78, 5) is 0.0858. The predicted molar refractivity (Wildman–Crippen MR) is 80.2 cm³/mol. The lowest BCUT2D eigenvalue weighted by molar-refractivity contribution is 0.331. The summed E-state index contributed by atoms with van der Waals surface area (Å²) in [6, 6.07) is 4.61. The first-order chi connectivity index (χ1) is 8.90. The van der Waals surface area contributed by atoms with E-state index in [1.807, 2.05) is 13.2 Å². The highest BCUT2D eigenvalue weighted by atomic mass is 32.2. The van der Waals surface area contributed by atoms with Crippen LogP contribution in [0.4, 0.5) is 5.69 Å². The quantitative estimate of drug-likeness (QED) is 0.749. The molecule has 0 saturated heterocycles. The molecule has 1 atom stereocenters. The second-order valence-corrected chi connectivity index (χ2v) is 7.05. The van der Waals surface area contributed by atoms with Crippen LogP contribution in [0.1, 0.15) is 13.8 Å². The molecule has 1 rings (SSSR count). The molecule has 0 heterocycles. The fraction of sp³-hybridized carbons (Fsp3) is 0.500. The van der Waals surface area contributed by atoms with E-state index in [0.29, 0.717) is 24.6 Å². The lowest BCUT2D eigenvalue weighted by Gasteiger charge is -2.14. The van der Waals surface area contributed by atoms with Crippen molar-refractivity contribution in [1.82, 2.24) is 4.72 Å². The maximum Gasteiger partial charge on any atom is 0.244 e. The molecule has 5 nitrogen and oxygen atoms in total. The molecule has 0 radical (unpaired) electrons. The Hall–Kier alpha value is -0.920. The molecule has 0 amide bonds. The van der Waals surface area contributed by atoms with Crippen LogP contribution < -0.4 is 15.2 Å². The van der Waals surface area contributed by atoms with Crippen molar-refractivity contribution in [3.8, 4) is 5.75 Å². The zero-order valence-electron chi connectivity index (χ0n) is 11.3. The number of hydrogen-bond acceptors (Lipinski definition) is 5. The van der Waals surface area contributed by atoms with E-state index < -0.39 is 10.0 Å². The number of rotatable bonds is 7. The highest BCUT2D eigenvalue weighted by Crippen LogP contribution is 2.26. The van der Waals surface area contributed by atoms with E-state index >= 15 is 0 Å². The van der Waals surface area contributed by atoms with E-state index in [9.17, 15) is 8.42 Å². The highest BCUT2D eigenvalue weighted by Gasteiger charge is 2.20. The van der Waals surface area contributed by atoms with Crippen LogP contribution in [0.3, 0.4) is 0 Å². The molecule has 19 heavy (non-hydrogen) atoms. The summed E-state index contributed by atoms with van der Waals surface area (Å²) in [5, 5.41) is 0.200. The van der Waals surface area contributed by atoms with Crippen LogP contribution in [0.15, 0.2) is 23.1 Å². The maximum absolute atomic E-state index is 12.2. The molecule has 0 bridgehead atoms. The van der Waals surface area contributed by atoms with Gasteiger partial charge in [-0.15, -0.1) is 0 Å². The SMILES string of the molecule is CCOc1ccc(N)cc1S(=O)(=O)NCC(C)SC. The molecule has 0 saturated carbocycles. The van der Waals surface area contributed by atoms with Crippen LogP contribution >= 0.6 is 11.8 Å². The van der Waals surface area contributed by atoms with Crippen LogP contribution in [0.5, 0.6) is 5.75 Å². The van der Waals surface area contributed by atoms with Crippen molar-refractivity contribution in [2.24, 2.45) is 0 Å². The third-order valence-electron chi connectivity index (χ3n) is 2.52. The van der Waals surface area contributed by atoms with Gasteiger partial charge >= 0.3 is 0 Å². The highest BCUT2D eigenvalue weighted by molar-refractivity contribution is 7.99. The molecule has 1 unspecified atom stereocenters. The van der Waals surface area contributed by atoms with Gasteiger partial charge in [0, 0.05) is 17.5 Å². The number of ether oxygens (including phenoxy) is 1. The molecule has 1 aromatic rings. The number of anilines is 1. The second-order valence-electron chi connectivity index (χ2n) is 4.04. The maximum atomic E-state index is 12.2. The summed E-state index contributed by atoms with van der Waals surface area (Å²) in [7, 11) is -3.61. The van der Waals surface area contributed by atoms with Gasteiger partial charge in [-0.3, -0.25) is 0 Å². The average Bonchev–Trinajstić information content (AvgIpc) is 2.38. The van der Waals surface area contributed by atoms with Gasteiger partial charge in [-0.25, -0.2) is 13.1 Å². The smallest absolute Gasteiger partial charge is 0.244 e. The van der Waals surface area contributed by atoms with E-state index in [1.54, 1.807) is 30.8 Å². The number of nitrogens with two attached hydrogens (primary N) is 1. The average molecular weight is 304 g/mol. The summed E-state index contributed by atoms with van der Waals surface area (Å²) in [6.07, 6.45) is 1.94. The Kier molecular flexibility index (Phi) is 5.96. The fourth-order valence-electron chi connectivity index (χ4n) is 1.40. The van der Waals surface area contributed by atoms with E-state index in [-0.39, 0.29) is 10.1 Å². The van der Waals surface area contributed by atoms with Crippen molar-refractivity contribution in [3.63, 3.8) is 0 Å². The zero-order valence-corrected chi connectivity index (χ0v) is 13.0. The van der Waals surface area contributed by atoms with Gasteiger partial charge in [0.1, 0.15) is 10.6 Å². The van der Waals surface area contributed by atoms with Gasteiger partial charge in [0.25, 0.3) is 0 Å². The van der Waals surface area contributed by atoms with Crippen molar-refractivity contribution >= 4 is 27.5 Å². The van der Waals surface area contributed by atoms with Crippen LogP contribution in [-0.2, 0) is 10.0 Å². The topological polar surface area (TPSA) is 81.4 Å². The Morgan fingerprint density at radius 3 is 2.74 bits per heavy atom. The Labute approximate surface area is 119 Å². The van der Waals surface area contributed by atoms with Crippen LogP contribution in [0.25, 0.3) is 0 Å². The molecule has 0 fully saturated rings. The Morgan fingerprint density at radius 2 is 2.16 bits per heavy atom. The molecule has 0 aliphatic carbocycles. The van der Waals surface area contributed by atoms with Gasteiger partial charge in [0.05, 0.1) is 6.61 Å². The van der Waals surface area contributed by atoms with Gasteiger partial charge in [-0.2, -0.15) is 11.8 Å². The van der Waals surface area contributed by atoms with Crippen molar-refractivity contribution < 1.29 is 13.2 Å². The third-order valence-corrected chi connectivity index (χ3v) is 4.94. The molecule has 0 aliphatic rings. The number of benzene rings is 1. The molecular formula is C12H20N2O3S2. The largest absolute Gasteiger partial charge is 0.492 e. The summed E-state index contributed by atoms with van der Waals surface area (Å²) in [5.74, 6) is 0.320. The molecule has 0 aliphatic heterocycles. The second kappa shape index (κ2) is 7.02. The van der Waals surface area contributed by atoms with Gasteiger partial charge < -0.3 is 10.5 Å². The molecule has 7 heteroatoms. The third kappa shape index (κ3) is 4.59. The van der Waals surface area contributed by atoms with Gasteiger partial charge in [0.2, 0.25) is 10.0 Å². The summed E-state index contributed by atoms with van der Waals surface area (Å²) >= 11 is 1.60. The summed E-state index contributed by atoms with van der Waals surface area (Å²) in [6.45, 7) is 4.52. The van der Waals surface area contributed by atoms with E-state index in [2.05, 4.69) is 4.72 Å². The Balaban J connectivity index is 3.02. The number of thioether (sulfide) groups is 1. The standard InChI is InChI=1S/C12H20N2O3S2/c1-4-17-11-6-5-10(13)7-12(11)19(15,16)14-8-9(2)18-3/h5-7,9,14H,4,8,13H2,1-3H3. The van der Waals surface area contributed by atoms with E-state index in [0.717, 1.165) is 0 Å². The van der Waals surface area contributed by atoms with E-state index in [4.69, 9.17) is 10.5 Å². The number of hydrogen-bond donors (Lipinski definition) is 2. The minimum absolute atomic E-state index is 0.0858. The van der Waals surface area contributed by atoms with Crippen LogP contribution in [-0.4, -0.2) is 33.1 Å². The summed E-state index contributed by atoms with van der Waals surface area (Å²) < 4.78 is 32.4. The Bertz CT molecular complexity index is 518. The van der Waals surface area contributed by atoms with Crippen LogP contribution in [0.2, 0.25) is 0 Å². The van der Waals surface area contributed by atoms with E-state index in [1.165, 1.54) is 6.07 Å². The number of nitrogens with one attached hydrogen (secondary N) is 1. The lowest BCUT2D eigenvalue weighted by Crippen LogP contribution is -2.29. The summed E-state index contributed by atoms with van der Waals surface area (Å²) in [5.41, 5.74) is 6.04. The molecule has 108 valence electrons. The van der Waals surface area contributed by atoms with Crippen molar-refractivity contribution in [2.45, 2.75) is 24.0 Å². The first kappa shape index (κ1) is 16.1. The Morgan fingerprint density at radius 1 is 1.47 bits per heavy atom.